The van der Waals surface area contributed by atoms with Gasteiger partial charge in [-0.3, -0.25) is 4.90 Å². The van der Waals surface area contributed by atoms with E-state index >= 15 is 0 Å². The molecule has 1 N–H and O–H groups in total. The van der Waals surface area contributed by atoms with Gasteiger partial charge in [-0.2, -0.15) is 0 Å². The molecule has 0 bridgehead atoms. The molecule has 1 heterocycles. The number of aliphatic hydroxyl groups excluding tert-OH is 1. The summed E-state index contributed by atoms with van der Waals surface area (Å²) in [5, 5.41) is 9.97. The van der Waals surface area contributed by atoms with Gasteiger partial charge in [0.2, 0.25) is 0 Å². The fourth-order valence-electron chi connectivity index (χ4n) is 2.65. The SMILES string of the molecule is CC(C)(C)OC(=O)N1CCC(O)C12CCC2. The van der Waals surface area contributed by atoms with Crippen LogP contribution in [0, 0.1) is 0 Å². The van der Waals surface area contributed by atoms with E-state index in [0.717, 1.165) is 19.3 Å². The van der Waals surface area contributed by atoms with Crippen molar-refractivity contribution in [3.8, 4) is 0 Å². The van der Waals surface area contributed by atoms with E-state index in [4.69, 9.17) is 4.74 Å². The van der Waals surface area contributed by atoms with Gasteiger partial charge in [-0.05, 0) is 46.5 Å². The summed E-state index contributed by atoms with van der Waals surface area (Å²) in [7, 11) is 0. The summed E-state index contributed by atoms with van der Waals surface area (Å²) < 4.78 is 5.38. The van der Waals surface area contributed by atoms with Crippen LogP contribution in [0.1, 0.15) is 46.5 Å². The van der Waals surface area contributed by atoms with Gasteiger partial charge in [0.15, 0.2) is 0 Å². The van der Waals surface area contributed by atoms with Gasteiger partial charge in [0.1, 0.15) is 5.60 Å². The van der Waals surface area contributed by atoms with Gasteiger partial charge < -0.3 is 9.84 Å². The molecule has 2 aliphatic rings. The van der Waals surface area contributed by atoms with Crippen molar-refractivity contribution >= 4 is 6.09 Å². The number of carbonyl (C=O) groups excluding carboxylic acids is 1. The fraction of sp³-hybridized carbons (Fsp3) is 0.917. The Balaban J connectivity index is 2.07. The van der Waals surface area contributed by atoms with Crippen molar-refractivity contribution in [3.63, 3.8) is 0 Å². The van der Waals surface area contributed by atoms with Crippen molar-refractivity contribution in [2.75, 3.05) is 6.54 Å². The van der Waals surface area contributed by atoms with E-state index < -0.39 is 5.60 Å². The first kappa shape index (κ1) is 11.7. The zero-order valence-electron chi connectivity index (χ0n) is 10.3. The van der Waals surface area contributed by atoms with Crippen molar-refractivity contribution in [3.05, 3.63) is 0 Å². The molecule has 0 aromatic carbocycles. The molecule has 0 aromatic heterocycles. The third kappa shape index (κ3) is 1.79. The van der Waals surface area contributed by atoms with E-state index in [-0.39, 0.29) is 17.7 Å². The first-order valence-corrected chi connectivity index (χ1v) is 6.04. The molecule has 1 atom stereocenters. The minimum absolute atomic E-state index is 0.274. The van der Waals surface area contributed by atoms with Gasteiger partial charge >= 0.3 is 6.09 Å². The molecule has 92 valence electrons. The van der Waals surface area contributed by atoms with E-state index in [1.165, 1.54) is 0 Å². The zero-order chi connectivity index (χ0) is 12.0. The monoisotopic (exact) mass is 227 g/mol. The van der Waals surface area contributed by atoms with Gasteiger partial charge in [0.25, 0.3) is 0 Å². The van der Waals surface area contributed by atoms with E-state index in [1.54, 1.807) is 4.90 Å². The Kier molecular flexibility index (Phi) is 2.65. The maximum Gasteiger partial charge on any atom is 0.410 e. The summed E-state index contributed by atoms with van der Waals surface area (Å²) in [6, 6.07) is 0. The molecule has 1 aliphatic carbocycles. The molecule has 1 saturated carbocycles. The highest BCUT2D eigenvalue weighted by Crippen LogP contribution is 2.46. The van der Waals surface area contributed by atoms with Crippen LogP contribution < -0.4 is 0 Å². The average molecular weight is 227 g/mol. The van der Waals surface area contributed by atoms with Crippen molar-refractivity contribution in [1.29, 1.82) is 0 Å². The molecule has 1 spiro atoms. The van der Waals surface area contributed by atoms with Crippen LogP contribution in [-0.2, 0) is 4.74 Å². The first-order chi connectivity index (χ1) is 7.35. The largest absolute Gasteiger partial charge is 0.444 e. The number of rotatable bonds is 0. The Morgan fingerprint density at radius 2 is 2.06 bits per heavy atom. The summed E-state index contributed by atoms with van der Waals surface area (Å²) in [6.45, 7) is 6.22. The number of amides is 1. The highest BCUT2D eigenvalue weighted by molar-refractivity contribution is 5.70. The van der Waals surface area contributed by atoms with Crippen LogP contribution in [-0.4, -0.2) is 39.9 Å². The molecule has 2 fully saturated rings. The number of aliphatic hydroxyl groups is 1. The topological polar surface area (TPSA) is 49.8 Å². The number of hydrogen-bond acceptors (Lipinski definition) is 3. The lowest BCUT2D eigenvalue weighted by Gasteiger charge is -2.47. The number of nitrogens with zero attached hydrogens (tertiary/aromatic N) is 1. The molecule has 1 aliphatic heterocycles. The average Bonchev–Trinajstić information content (AvgIpc) is 2.38. The smallest absolute Gasteiger partial charge is 0.410 e. The highest BCUT2D eigenvalue weighted by atomic mass is 16.6. The molecule has 0 aromatic rings. The van der Waals surface area contributed by atoms with E-state index in [2.05, 4.69) is 0 Å². The minimum Gasteiger partial charge on any atom is -0.444 e. The molecule has 4 heteroatoms. The second-order valence-corrected chi connectivity index (χ2v) is 5.89. The number of carbonyl (C=O) groups is 1. The lowest BCUT2D eigenvalue weighted by Crippen LogP contribution is -2.58. The molecular formula is C12H21NO3. The number of likely N-dealkylation sites (tertiary alicyclic amines) is 1. The predicted molar refractivity (Wildman–Crippen MR) is 60.1 cm³/mol. The third-order valence-corrected chi connectivity index (χ3v) is 3.62. The summed E-state index contributed by atoms with van der Waals surface area (Å²) in [6.07, 6.45) is 2.95. The maximum atomic E-state index is 12.0. The van der Waals surface area contributed by atoms with E-state index in [1.807, 2.05) is 20.8 Å². The third-order valence-electron chi connectivity index (χ3n) is 3.62. The van der Waals surface area contributed by atoms with Crippen LogP contribution in [0.4, 0.5) is 4.79 Å². The van der Waals surface area contributed by atoms with Crippen LogP contribution in [0.25, 0.3) is 0 Å². The van der Waals surface area contributed by atoms with Crippen LogP contribution in [0.15, 0.2) is 0 Å². The summed E-state index contributed by atoms with van der Waals surface area (Å²) in [4.78, 5) is 13.7. The van der Waals surface area contributed by atoms with Crippen molar-refractivity contribution in [2.24, 2.45) is 0 Å². The van der Waals surface area contributed by atoms with Gasteiger partial charge in [-0.15, -0.1) is 0 Å². The Morgan fingerprint density at radius 3 is 2.50 bits per heavy atom. The molecule has 2 rings (SSSR count). The quantitative estimate of drug-likeness (QED) is 0.687. The normalized spacial score (nSPS) is 28.0. The Bertz CT molecular complexity index is 291. The minimum atomic E-state index is -0.463. The van der Waals surface area contributed by atoms with E-state index in [9.17, 15) is 9.90 Å². The highest BCUT2D eigenvalue weighted by Gasteiger charge is 2.54. The number of hydrogen-bond donors (Lipinski definition) is 1. The molecule has 1 saturated heterocycles. The first-order valence-electron chi connectivity index (χ1n) is 6.04. The predicted octanol–water partition coefficient (Wildman–Crippen LogP) is 1.91. The lowest BCUT2D eigenvalue weighted by molar-refractivity contribution is -0.0461. The Hall–Kier alpha value is -0.770. The standard InChI is InChI=1S/C12H21NO3/c1-11(2,3)16-10(15)13-8-5-9(14)12(13)6-4-7-12/h9,14H,4-8H2,1-3H3. The molecule has 1 unspecified atom stereocenters. The maximum absolute atomic E-state index is 12.0. The zero-order valence-corrected chi connectivity index (χ0v) is 10.3. The van der Waals surface area contributed by atoms with Crippen LogP contribution in [0.3, 0.4) is 0 Å². The molecular weight excluding hydrogens is 206 g/mol. The van der Waals surface area contributed by atoms with E-state index in [0.29, 0.717) is 13.0 Å². The molecule has 0 radical (unpaired) electrons. The van der Waals surface area contributed by atoms with Crippen molar-refractivity contribution < 1.29 is 14.6 Å². The van der Waals surface area contributed by atoms with Crippen molar-refractivity contribution in [2.45, 2.75) is 63.7 Å². The van der Waals surface area contributed by atoms with Crippen LogP contribution in [0.5, 0.6) is 0 Å². The lowest BCUT2D eigenvalue weighted by atomic mass is 9.73. The Morgan fingerprint density at radius 1 is 1.44 bits per heavy atom. The Labute approximate surface area is 96.6 Å². The summed E-state index contributed by atoms with van der Waals surface area (Å²) in [5.41, 5.74) is -0.766. The summed E-state index contributed by atoms with van der Waals surface area (Å²) in [5.74, 6) is 0. The molecule has 4 nitrogen and oxygen atoms in total. The second-order valence-electron chi connectivity index (χ2n) is 5.89. The van der Waals surface area contributed by atoms with Gasteiger partial charge in [0.05, 0.1) is 11.6 Å². The van der Waals surface area contributed by atoms with Crippen LogP contribution in [0.2, 0.25) is 0 Å². The second kappa shape index (κ2) is 3.62. The van der Waals surface area contributed by atoms with Gasteiger partial charge in [-0.1, -0.05) is 0 Å². The summed E-state index contributed by atoms with van der Waals surface area (Å²) >= 11 is 0. The van der Waals surface area contributed by atoms with Gasteiger partial charge in [-0.25, -0.2) is 4.79 Å². The van der Waals surface area contributed by atoms with Crippen LogP contribution >= 0.6 is 0 Å². The fourth-order valence-corrected chi connectivity index (χ4v) is 2.65. The van der Waals surface area contributed by atoms with Crippen molar-refractivity contribution in [1.82, 2.24) is 4.90 Å². The molecule has 16 heavy (non-hydrogen) atoms. The number of ether oxygens (including phenoxy) is 1. The van der Waals surface area contributed by atoms with Gasteiger partial charge in [0, 0.05) is 6.54 Å². The molecule has 1 amide bonds.